The zero-order valence-electron chi connectivity index (χ0n) is 11.5. The third-order valence-electron chi connectivity index (χ3n) is 7.41. The van der Waals surface area contributed by atoms with E-state index in [0.29, 0.717) is 5.41 Å². The first-order valence-electron chi connectivity index (χ1n) is 7.75. The van der Waals surface area contributed by atoms with E-state index in [1.54, 1.807) is 12.8 Å². The van der Waals surface area contributed by atoms with E-state index in [-0.39, 0.29) is 0 Å². The van der Waals surface area contributed by atoms with Gasteiger partial charge in [-0.15, -0.1) is 0 Å². The summed E-state index contributed by atoms with van der Waals surface area (Å²) in [6.45, 7) is 7.60. The van der Waals surface area contributed by atoms with Crippen LogP contribution < -0.4 is 0 Å². The van der Waals surface area contributed by atoms with Gasteiger partial charge in [0.2, 0.25) is 0 Å². The Labute approximate surface area is 106 Å². The van der Waals surface area contributed by atoms with Gasteiger partial charge in [0.1, 0.15) is 0 Å². The molecule has 0 aromatic carbocycles. The molecule has 0 aromatic rings. The molecule has 0 N–H and O–H groups in total. The zero-order chi connectivity index (χ0) is 11.8. The van der Waals surface area contributed by atoms with Crippen LogP contribution in [0.3, 0.4) is 0 Å². The van der Waals surface area contributed by atoms with Crippen molar-refractivity contribution in [3.63, 3.8) is 0 Å². The van der Waals surface area contributed by atoms with E-state index in [9.17, 15) is 0 Å². The maximum atomic E-state index is 2.56. The van der Waals surface area contributed by atoms with E-state index in [1.807, 2.05) is 0 Å². The molecule has 4 bridgehead atoms. The molecule has 0 saturated heterocycles. The molecule has 0 heterocycles. The van der Waals surface area contributed by atoms with Crippen molar-refractivity contribution >= 4 is 0 Å². The summed E-state index contributed by atoms with van der Waals surface area (Å²) in [7, 11) is 0. The monoisotopic (exact) mass is 230 g/mol. The molecule has 7 unspecified atom stereocenters. The summed E-state index contributed by atoms with van der Waals surface area (Å²) < 4.78 is 0. The standard InChI is InChI=1S/C17H26/c1-10-14-8-13(17(10,2)3)9-16(14)15-7-11-4-5-12(15)6-11/h4-5,10-16H,6-9H2,1-3H3. The smallest absolute Gasteiger partial charge is 0.0196 e. The normalized spacial score (nSPS) is 58.2. The first kappa shape index (κ1) is 10.6. The average Bonchev–Trinajstić information content (AvgIpc) is 3.02. The van der Waals surface area contributed by atoms with Crippen molar-refractivity contribution in [2.45, 2.75) is 46.5 Å². The Morgan fingerprint density at radius 3 is 2.18 bits per heavy atom. The summed E-state index contributed by atoms with van der Waals surface area (Å²) in [5.74, 6) is 7.16. The Morgan fingerprint density at radius 1 is 0.882 bits per heavy atom. The second-order valence-electron chi connectivity index (χ2n) is 8.05. The van der Waals surface area contributed by atoms with Crippen LogP contribution in [0.25, 0.3) is 0 Å². The molecule has 3 saturated carbocycles. The molecule has 3 fully saturated rings. The molecule has 4 aliphatic rings. The van der Waals surface area contributed by atoms with Gasteiger partial charge >= 0.3 is 0 Å². The van der Waals surface area contributed by atoms with Crippen molar-refractivity contribution in [1.29, 1.82) is 0 Å². The maximum absolute atomic E-state index is 2.56. The highest BCUT2D eigenvalue weighted by Gasteiger charge is 2.58. The van der Waals surface area contributed by atoms with Gasteiger partial charge in [0.05, 0.1) is 0 Å². The molecular weight excluding hydrogens is 204 g/mol. The predicted molar refractivity (Wildman–Crippen MR) is 71.5 cm³/mol. The largest absolute Gasteiger partial charge is 0.0851 e. The lowest BCUT2D eigenvalue weighted by atomic mass is 9.62. The van der Waals surface area contributed by atoms with Crippen molar-refractivity contribution in [3.8, 4) is 0 Å². The fourth-order valence-corrected chi connectivity index (χ4v) is 6.02. The van der Waals surface area contributed by atoms with Gasteiger partial charge < -0.3 is 0 Å². The van der Waals surface area contributed by atoms with Gasteiger partial charge in [0.25, 0.3) is 0 Å². The van der Waals surface area contributed by atoms with Gasteiger partial charge in [0, 0.05) is 0 Å². The van der Waals surface area contributed by atoms with Gasteiger partial charge in [-0.1, -0.05) is 32.9 Å². The van der Waals surface area contributed by atoms with E-state index >= 15 is 0 Å². The topological polar surface area (TPSA) is 0 Å². The molecule has 4 rings (SSSR count). The van der Waals surface area contributed by atoms with Gasteiger partial charge in [-0.2, -0.15) is 0 Å². The van der Waals surface area contributed by atoms with Crippen LogP contribution in [-0.2, 0) is 0 Å². The van der Waals surface area contributed by atoms with Gasteiger partial charge in [0.15, 0.2) is 0 Å². The highest BCUT2D eigenvalue weighted by Crippen LogP contribution is 2.65. The summed E-state index contributed by atoms with van der Waals surface area (Å²) >= 11 is 0. The van der Waals surface area contributed by atoms with Crippen LogP contribution in [0.4, 0.5) is 0 Å². The van der Waals surface area contributed by atoms with Crippen molar-refractivity contribution in [3.05, 3.63) is 12.2 Å². The summed E-state index contributed by atoms with van der Waals surface area (Å²) in [5.41, 5.74) is 0.634. The minimum Gasteiger partial charge on any atom is -0.0851 e. The second-order valence-corrected chi connectivity index (χ2v) is 8.05. The number of hydrogen-bond donors (Lipinski definition) is 0. The van der Waals surface area contributed by atoms with Gasteiger partial charge in [-0.25, -0.2) is 0 Å². The lowest BCUT2D eigenvalue weighted by Gasteiger charge is -2.43. The Kier molecular flexibility index (Phi) is 2.00. The first-order chi connectivity index (χ1) is 8.07. The fraction of sp³-hybridized carbons (Fsp3) is 0.882. The molecule has 0 heteroatoms. The van der Waals surface area contributed by atoms with E-state index < -0.39 is 0 Å². The third-order valence-corrected chi connectivity index (χ3v) is 7.41. The van der Waals surface area contributed by atoms with Gasteiger partial charge in [-0.05, 0) is 72.5 Å². The van der Waals surface area contributed by atoms with Crippen LogP contribution in [-0.4, -0.2) is 0 Å². The molecule has 7 atom stereocenters. The minimum absolute atomic E-state index is 0.634. The number of allylic oxidation sites excluding steroid dienone is 2. The van der Waals surface area contributed by atoms with Crippen LogP contribution >= 0.6 is 0 Å². The van der Waals surface area contributed by atoms with Gasteiger partial charge in [-0.3, -0.25) is 0 Å². The molecule has 0 amide bonds. The molecule has 17 heavy (non-hydrogen) atoms. The van der Waals surface area contributed by atoms with Crippen molar-refractivity contribution in [2.75, 3.05) is 0 Å². The van der Waals surface area contributed by atoms with Crippen LogP contribution in [0, 0.1) is 46.8 Å². The molecule has 4 aliphatic carbocycles. The lowest BCUT2D eigenvalue weighted by Crippen LogP contribution is -2.36. The molecular formula is C17H26. The van der Waals surface area contributed by atoms with Crippen molar-refractivity contribution in [2.24, 2.45) is 46.8 Å². The molecule has 94 valence electrons. The summed E-state index contributed by atoms with van der Waals surface area (Å²) in [6, 6.07) is 0. The number of rotatable bonds is 1. The second kappa shape index (κ2) is 3.19. The van der Waals surface area contributed by atoms with Crippen molar-refractivity contribution in [1.82, 2.24) is 0 Å². The van der Waals surface area contributed by atoms with Crippen molar-refractivity contribution < 1.29 is 0 Å². The van der Waals surface area contributed by atoms with Crippen LogP contribution in [0.15, 0.2) is 12.2 Å². The fourth-order valence-electron chi connectivity index (χ4n) is 6.02. The number of hydrogen-bond acceptors (Lipinski definition) is 0. The Bertz CT molecular complexity index is 360. The van der Waals surface area contributed by atoms with Crippen LogP contribution in [0.5, 0.6) is 0 Å². The highest BCUT2D eigenvalue weighted by atomic mass is 14.6. The summed E-state index contributed by atoms with van der Waals surface area (Å²) in [6.07, 6.45) is 11.2. The summed E-state index contributed by atoms with van der Waals surface area (Å²) in [5, 5.41) is 0. The molecule has 0 radical (unpaired) electrons. The average molecular weight is 230 g/mol. The highest BCUT2D eigenvalue weighted by molar-refractivity contribution is 5.14. The van der Waals surface area contributed by atoms with E-state index in [2.05, 4.69) is 32.9 Å². The third kappa shape index (κ3) is 1.25. The Hall–Kier alpha value is -0.260. The van der Waals surface area contributed by atoms with E-state index in [1.165, 1.54) is 12.8 Å². The molecule has 0 spiro atoms. The molecule has 0 aromatic heterocycles. The quantitative estimate of drug-likeness (QED) is 0.581. The van der Waals surface area contributed by atoms with Crippen LogP contribution in [0.1, 0.15) is 46.5 Å². The molecule has 0 nitrogen and oxygen atoms in total. The predicted octanol–water partition coefficient (Wildman–Crippen LogP) is 4.52. The summed E-state index contributed by atoms with van der Waals surface area (Å²) in [4.78, 5) is 0. The minimum atomic E-state index is 0.634. The van der Waals surface area contributed by atoms with E-state index in [0.717, 1.165) is 41.4 Å². The SMILES string of the molecule is CC1C2CC(CC2C2CC3C=CC2C3)C1(C)C. The Balaban J connectivity index is 1.58. The maximum Gasteiger partial charge on any atom is -0.0196 e. The molecule has 0 aliphatic heterocycles. The lowest BCUT2D eigenvalue weighted by molar-refractivity contribution is 0.0617. The Morgan fingerprint density at radius 2 is 1.65 bits per heavy atom. The van der Waals surface area contributed by atoms with Crippen LogP contribution in [0.2, 0.25) is 0 Å². The van der Waals surface area contributed by atoms with E-state index in [4.69, 9.17) is 0 Å². The number of fused-ring (bicyclic) bond motifs is 4. The first-order valence-corrected chi connectivity index (χ1v) is 7.75. The zero-order valence-corrected chi connectivity index (χ0v) is 11.5.